The Balaban J connectivity index is 0.000000193. The molecule has 0 atom stereocenters. The standard InChI is InChI=1S/C16H20FNO4.C13H16FNO2.C11H13BrFNO.C7H4BrFO/c1-2-22-16(20)10-15(19)13-9-12(3-4-14(13)17)11-18-5-7-21-8-6-18;1-10(16)12-8-11(2-3-13(12)14)9-15-4-6-17-7-5-15;12-10-7-9(1-2-11(10)13)8-14-3-5-15-6-4-14;8-6-3-5(4-10)1-2-7(6)9/h3-4,9H,2,5-8,10-11H2,1H3;2-3,8H,4-7,9H2,1H3;1-2,7H,3-6,8H2;1-4H. The van der Waals surface area contributed by atoms with E-state index in [9.17, 15) is 36.7 Å². The first-order chi connectivity index (χ1) is 30.8. The van der Waals surface area contributed by atoms with Gasteiger partial charge in [-0.05, 0) is 117 Å². The molecule has 3 heterocycles. The van der Waals surface area contributed by atoms with Crippen molar-refractivity contribution in [3.63, 3.8) is 0 Å². The smallest absolute Gasteiger partial charge is 0.313 e. The van der Waals surface area contributed by atoms with Gasteiger partial charge in [0.1, 0.15) is 36.0 Å². The van der Waals surface area contributed by atoms with Crippen molar-refractivity contribution >= 4 is 55.7 Å². The Morgan fingerprint density at radius 2 is 0.984 bits per heavy atom. The third-order valence-electron chi connectivity index (χ3n) is 9.94. The summed E-state index contributed by atoms with van der Waals surface area (Å²) in [6.07, 6.45) is 0.232. The highest BCUT2D eigenvalue weighted by Crippen LogP contribution is 2.20. The number of hydrogen-bond acceptors (Lipinski definition) is 11. The predicted molar refractivity (Wildman–Crippen MR) is 240 cm³/mol. The van der Waals surface area contributed by atoms with E-state index in [-0.39, 0.29) is 35.2 Å². The second-order valence-electron chi connectivity index (χ2n) is 14.8. The van der Waals surface area contributed by atoms with Gasteiger partial charge in [-0.3, -0.25) is 33.9 Å². The summed E-state index contributed by atoms with van der Waals surface area (Å²) in [5.74, 6) is -3.04. The summed E-state index contributed by atoms with van der Waals surface area (Å²) in [7, 11) is 0. The zero-order chi connectivity index (χ0) is 46.4. The number of morpholine rings is 3. The number of nitrogens with zero attached hydrogens (tertiary/aromatic N) is 3. The molecule has 3 fully saturated rings. The first-order valence-corrected chi connectivity index (χ1v) is 22.4. The highest BCUT2D eigenvalue weighted by atomic mass is 79.9. The fraction of sp³-hybridized carbons (Fsp3) is 0.404. The minimum atomic E-state index is -0.634. The van der Waals surface area contributed by atoms with Crippen molar-refractivity contribution in [1.29, 1.82) is 0 Å². The first kappa shape index (κ1) is 52.4. The van der Waals surface area contributed by atoms with Gasteiger partial charge in [0.15, 0.2) is 11.6 Å². The number of benzene rings is 4. The third-order valence-corrected chi connectivity index (χ3v) is 11.2. The van der Waals surface area contributed by atoms with Crippen molar-refractivity contribution in [3.8, 4) is 0 Å². The zero-order valence-electron chi connectivity index (χ0n) is 35.9. The van der Waals surface area contributed by atoms with Gasteiger partial charge in [-0.25, -0.2) is 17.6 Å². The predicted octanol–water partition coefficient (Wildman–Crippen LogP) is 8.48. The molecule has 0 amide bonds. The van der Waals surface area contributed by atoms with E-state index in [4.69, 9.17) is 18.9 Å². The molecule has 0 saturated carbocycles. The zero-order valence-corrected chi connectivity index (χ0v) is 39.1. The number of carbonyl (C=O) groups excluding carboxylic acids is 4. The summed E-state index contributed by atoms with van der Waals surface area (Å²) < 4.78 is 74.0. The summed E-state index contributed by atoms with van der Waals surface area (Å²) in [5, 5.41) is 0. The monoisotopic (exact) mass is 1020 g/mol. The molecule has 0 bridgehead atoms. The Kier molecular flexibility index (Phi) is 22.9. The van der Waals surface area contributed by atoms with E-state index in [1.54, 1.807) is 25.1 Å². The number of carbonyl (C=O) groups is 4. The molecule has 0 unspecified atom stereocenters. The molecule has 7 rings (SSSR count). The van der Waals surface area contributed by atoms with Crippen LogP contribution in [0.5, 0.6) is 0 Å². The Bertz CT molecular complexity index is 2150. The van der Waals surface area contributed by atoms with Gasteiger partial charge in [0.2, 0.25) is 0 Å². The number of hydrogen-bond donors (Lipinski definition) is 0. The van der Waals surface area contributed by atoms with Crippen LogP contribution in [-0.4, -0.2) is 124 Å². The molecule has 346 valence electrons. The molecule has 3 aliphatic heterocycles. The van der Waals surface area contributed by atoms with Gasteiger partial charge >= 0.3 is 5.97 Å². The molecule has 0 radical (unpaired) electrons. The Hall–Kier alpha value is -4.20. The van der Waals surface area contributed by atoms with Crippen molar-refractivity contribution in [3.05, 3.63) is 138 Å². The number of rotatable bonds is 12. The second kappa shape index (κ2) is 28.0. The normalized spacial score (nSPS) is 15.6. The van der Waals surface area contributed by atoms with Gasteiger partial charge in [-0.1, -0.05) is 18.2 Å². The average Bonchev–Trinajstić information content (AvgIpc) is 3.29. The van der Waals surface area contributed by atoms with E-state index < -0.39 is 29.8 Å². The van der Waals surface area contributed by atoms with Gasteiger partial charge in [-0.2, -0.15) is 0 Å². The molecular weight excluding hydrogens is 970 g/mol. The summed E-state index contributed by atoms with van der Waals surface area (Å²) in [4.78, 5) is 51.5. The Morgan fingerprint density at radius 3 is 1.39 bits per heavy atom. The molecular formula is C47H53Br2F4N3O8. The number of ketones is 2. The summed E-state index contributed by atoms with van der Waals surface area (Å²) in [6.45, 7) is 15.2. The number of halogens is 6. The highest BCUT2D eigenvalue weighted by Gasteiger charge is 2.19. The van der Waals surface area contributed by atoms with Crippen LogP contribution in [0.1, 0.15) is 68.0 Å². The minimum absolute atomic E-state index is 0.0567. The topological polar surface area (TPSA) is 115 Å². The molecule has 4 aromatic rings. The molecule has 4 aromatic carbocycles. The van der Waals surface area contributed by atoms with Crippen molar-refractivity contribution in [2.45, 2.75) is 39.9 Å². The molecule has 0 aromatic heterocycles. The van der Waals surface area contributed by atoms with E-state index in [2.05, 4.69) is 46.6 Å². The van der Waals surface area contributed by atoms with E-state index in [1.807, 2.05) is 12.1 Å². The number of esters is 1. The lowest BCUT2D eigenvalue weighted by molar-refractivity contribution is -0.141. The summed E-state index contributed by atoms with van der Waals surface area (Å²) in [6, 6.07) is 18.5. The van der Waals surface area contributed by atoms with Crippen molar-refractivity contribution in [2.75, 3.05) is 85.5 Å². The summed E-state index contributed by atoms with van der Waals surface area (Å²) >= 11 is 6.15. The molecule has 0 aliphatic carbocycles. The van der Waals surface area contributed by atoms with Crippen LogP contribution in [0.4, 0.5) is 17.6 Å². The van der Waals surface area contributed by atoms with E-state index in [0.29, 0.717) is 40.6 Å². The highest BCUT2D eigenvalue weighted by molar-refractivity contribution is 9.10. The van der Waals surface area contributed by atoms with Crippen LogP contribution in [-0.2, 0) is 43.4 Å². The largest absolute Gasteiger partial charge is 0.466 e. The maximum atomic E-state index is 13.8. The summed E-state index contributed by atoms with van der Waals surface area (Å²) in [5.41, 5.74) is 3.53. The van der Waals surface area contributed by atoms with Crippen molar-refractivity contribution in [2.24, 2.45) is 0 Å². The fourth-order valence-electron chi connectivity index (χ4n) is 6.54. The van der Waals surface area contributed by atoms with Crippen LogP contribution >= 0.6 is 31.9 Å². The number of Topliss-reactive ketones (excluding diaryl/α,β-unsaturated/α-hetero) is 2. The van der Waals surface area contributed by atoms with Crippen LogP contribution in [0.25, 0.3) is 0 Å². The minimum Gasteiger partial charge on any atom is -0.466 e. The average molecular weight is 1020 g/mol. The molecule has 64 heavy (non-hydrogen) atoms. The SMILES string of the molecule is CC(=O)c1cc(CN2CCOCC2)ccc1F.CCOC(=O)CC(=O)c1cc(CN2CCOCC2)ccc1F.Fc1ccc(CN2CCOCC2)cc1Br.O=Cc1ccc(F)c(Br)c1. The van der Waals surface area contributed by atoms with Crippen LogP contribution < -0.4 is 0 Å². The Morgan fingerprint density at radius 1 is 0.594 bits per heavy atom. The van der Waals surface area contributed by atoms with Gasteiger partial charge in [0.05, 0.1) is 66.3 Å². The molecule has 3 saturated heterocycles. The molecule has 17 heteroatoms. The molecule has 0 N–H and O–H groups in total. The van der Waals surface area contributed by atoms with E-state index in [1.165, 1.54) is 49.4 Å². The van der Waals surface area contributed by atoms with Crippen LogP contribution in [0.2, 0.25) is 0 Å². The number of ether oxygens (including phenoxy) is 4. The fourth-order valence-corrected chi connectivity index (χ4v) is 7.36. The maximum absolute atomic E-state index is 13.8. The first-order valence-electron chi connectivity index (χ1n) is 20.8. The lowest BCUT2D eigenvalue weighted by Gasteiger charge is -2.26. The quantitative estimate of drug-likeness (QED) is 0.0448. The van der Waals surface area contributed by atoms with Crippen LogP contribution in [0.3, 0.4) is 0 Å². The lowest BCUT2D eigenvalue weighted by Crippen LogP contribution is -2.35. The maximum Gasteiger partial charge on any atom is 0.313 e. The molecule has 0 spiro atoms. The van der Waals surface area contributed by atoms with Gasteiger partial charge in [0, 0.05) is 64.5 Å². The Labute approximate surface area is 388 Å². The lowest BCUT2D eigenvalue weighted by atomic mass is 10.0. The van der Waals surface area contributed by atoms with E-state index in [0.717, 1.165) is 95.5 Å². The van der Waals surface area contributed by atoms with Gasteiger partial charge < -0.3 is 18.9 Å². The van der Waals surface area contributed by atoms with Crippen molar-refractivity contribution in [1.82, 2.24) is 14.7 Å². The van der Waals surface area contributed by atoms with E-state index >= 15 is 0 Å². The second-order valence-corrected chi connectivity index (χ2v) is 16.5. The third kappa shape index (κ3) is 18.4. The molecule has 3 aliphatic rings. The van der Waals surface area contributed by atoms with Crippen LogP contribution in [0.15, 0.2) is 81.7 Å². The van der Waals surface area contributed by atoms with Gasteiger partial charge in [-0.15, -0.1) is 0 Å². The van der Waals surface area contributed by atoms with Crippen LogP contribution in [0, 0.1) is 23.3 Å². The number of aldehydes is 1. The van der Waals surface area contributed by atoms with Crippen molar-refractivity contribution < 1.29 is 55.7 Å². The molecule has 11 nitrogen and oxygen atoms in total. The van der Waals surface area contributed by atoms with Gasteiger partial charge in [0.25, 0.3) is 0 Å².